The highest BCUT2D eigenvalue weighted by Gasteiger charge is 2.26. The summed E-state index contributed by atoms with van der Waals surface area (Å²) in [5.74, 6) is 1.71. The molecule has 0 radical (unpaired) electrons. The molecule has 1 aliphatic heterocycles. The second-order valence-electron chi connectivity index (χ2n) is 6.28. The molecular weight excluding hydrogens is 284 g/mol. The van der Waals surface area contributed by atoms with Gasteiger partial charge in [0.1, 0.15) is 12.2 Å². The van der Waals surface area contributed by atoms with Crippen molar-refractivity contribution in [2.75, 3.05) is 13.1 Å². The number of H-pyrrole nitrogens is 1. The molecular formula is C14H22N6O2. The first-order valence-corrected chi connectivity index (χ1v) is 7.76. The Hall–Kier alpha value is -1.96. The van der Waals surface area contributed by atoms with E-state index in [4.69, 9.17) is 4.42 Å². The molecule has 1 fully saturated rings. The molecule has 0 bridgehead atoms. The molecule has 1 N–H and O–H groups in total. The molecule has 2 aromatic rings. The molecule has 3 rings (SSSR count). The largest absolute Gasteiger partial charge is 0.434 e. The fraction of sp³-hybridized carbons (Fsp3) is 0.714. The predicted molar refractivity (Wildman–Crippen MR) is 79.2 cm³/mol. The van der Waals surface area contributed by atoms with Gasteiger partial charge in [0.2, 0.25) is 5.89 Å². The molecule has 1 atom stereocenters. The van der Waals surface area contributed by atoms with Crippen LogP contribution in [0.4, 0.5) is 0 Å². The van der Waals surface area contributed by atoms with E-state index >= 15 is 0 Å². The predicted octanol–water partition coefficient (Wildman–Crippen LogP) is 0.990. The normalized spacial score (nSPS) is 19.9. The average molecular weight is 306 g/mol. The van der Waals surface area contributed by atoms with Crippen molar-refractivity contribution in [1.29, 1.82) is 0 Å². The molecule has 120 valence electrons. The summed E-state index contributed by atoms with van der Waals surface area (Å²) in [6.45, 7) is 7.81. The maximum absolute atomic E-state index is 11.1. The zero-order valence-corrected chi connectivity index (χ0v) is 13.0. The molecule has 0 aromatic carbocycles. The topological polar surface area (TPSA) is 92.8 Å². The molecule has 8 nitrogen and oxygen atoms in total. The number of likely N-dealkylation sites (tertiary alicyclic amines) is 1. The average Bonchev–Trinajstić information content (AvgIpc) is 3.09. The molecule has 1 aliphatic rings. The van der Waals surface area contributed by atoms with Gasteiger partial charge >= 0.3 is 5.76 Å². The van der Waals surface area contributed by atoms with Gasteiger partial charge in [-0.05, 0) is 25.3 Å². The molecule has 1 saturated heterocycles. The van der Waals surface area contributed by atoms with Gasteiger partial charge in [-0.2, -0.15) is 5.10 Å². The number of hydrogen-bond donors (Lipinski definition) is 1. The van der Waals surface area contributed by atoms with Gasteiger partial charge in [-0.3, -0.25) is 4.90 Å². The van der Waals surface area contributed by atoms with Crippen LogP contribution in [0.3, 0.4) is 0 Å². The van der Waals surface area contributed by atoms with E-state index in [2.05, 4.69) is 39.0 Å². The van der Waals surface area contributed by atoms with Crippen LogP contribution in [0.5, 0.6) is 0 Å². The second kappa shape index (κ2) is 6.43. The smallest absolute Gasteiger partial charge is 0.392 e. The van der Waals surface area contributed by atoms with Gasteiger partial charge in [0.15, 0.2) is 0 Å². The number of aromatic nitrogens is 5. The van der Waals surface area contributed by atoms with E-state index in [0.717, 1.165) is 44.8 Å². The van der Waals surface area contributed by atoms with Crippen LogP contribution in [-0.4, -0.2) is 43.0 Å². The van der Waals surface area contributed by atoms with Crippen LogP contribution in [-0.2, 0) is 13.1 Å². The number of nitrogens with zero attached hydrogens (tertiary/aromatic N) is 5. The Morgan fingerprint density at radius 2 is 2.36 bits per heavy atom. The molecule has 0 amide bonds. The van der Waals surface area contributed by atoms with Crippen molar-refractivity contribution in [2.45, 2.75) is 45.7 Å². The third kappa shape index (κ3) is 3.44. The Morgan fingerprint density at radius 1 is 1.50 bits per heavy atom. The highest BCUT2D eigenvalue weighted by molar-refractivity contribution is 4.95. The minimum absolute atomic E-state index is 0.161. The van der Waals surface area contributed by atoms with Crippen molar-refractivity contribution in [3.8, 4) is 0 Å². The second-order valence-corrected chi connectivity index (χ2v) is 6.28. The minimum Gasteiger partial charge on any atom is -0.392 e. The number of aromatic amines is 1. The molecule has 0 spiro atoms. The summed E-state index contributed by atoms with van der Waals surface area (Å²) in [5.41, 5.74) is 0. The summed E-state index contributed by atoms with van der Waals surface area (Å²) >= 11 is 0. The lowest BCUT2D eigenvalue weighted by Gasteiger charge is -2.30. The maximum Gasteiger partial charge on any atom is 0.434 e. The molecule has 0 unspecified atom stereocenters. The van der Waals surface area contributed by atoms with Crippen molar-refractivity contribution in [1.82, 2.24) is 29.9 Å². The summed E-state index contributed by atoms with van der Waals surface area (Å²) in [5, 5.41) is 10.6. The van der Waals surface area contributed by atoms with Gasteiger partial charge in [0.05, 0.1) is 12.5 Å². The first-order chi connectivity index (χ1) is 10.6. The van der Waals surface area contributed by atoms with E-state index in [1.165, 1.54) is 0 Å². The van der Waals surface area contributed by atoms with Crippen LogP contribution < -0.4 is 5.76 Å². The van der Waals surface area contributed by atoms with Gasteiger partial charge in [0, 0.05) is 13.1 Å². The van der Waals surface area contributed by atoms with E-state index in [-0.39, 0.29) is 5.92 Å². The van der Waals surface area contributed by atoms with Crippen molar-refractivity contribution in [3.05, 3.63) is 28.6 Å². The quantitative estimate of drug-likeness (QED) is 0.885. The number of piperidine rings is 1. The zero-order chi connectivity index (χ0) is 15.5. The van der Waals surface area contributed by atoms with Gasteiger partial charge in [-0.25, -0.2) is 19.6 Å². The number of hydrogen-bond acceptors (Lipinski definition) is 6. The van der Waals surface area contributed by atoms with Crippen LogP contribution in [0.1, 0.15) is 44.3 Å². The van der Waals surface area contributed by atoms with Gasteiger partial charge < -0.3 is 4.42 Å². The molecule has 3 heterocycles. The Kier molecular flexibility index (Phi) is 4.37. The Morgan fingerprint density at radius 3 is 3.09 bits per heavy atom. The van der Waals surface area contributed by atoms with E-state index in [1.807, 2.05) is 4.68 Å². The lowest BCUT2D eigenvalue weighted by molar-refractivity contribution is 0.178. The van der Waals surface area contributed by atoms with Crippen LogP contribution in [0.2, 0.25) is 0 Å². The zero-order valence-electron chi connectivity index (χ0n) is 13.0. The summed E-state index contributed by atoms with van der Waals surface area (Å²) < 4.78 is 7.08. The molecule has 8 heteroatoms. The van der Waals surface area contributed by atoms with E-state index in [9.17, 15) is 4.79 Å². The highest BCUT2D eigenvalue weighted by Crippen LogP contribution is 2.25. The Balaban J connectivity index is 1.65. The first-order valence-electron chi connectivity index (χ1n) is 7.76. The SMILES string of the molecule is CC(C)Cn1ncnc1CN1CCC[C@H](c2n[nH]c(=O)o2)C1. The van der Waals surface area contributed by atoms with Crippen LogP contribution in [0, 0.1) is 5.92 Å². The van der Waals surface area contributed by atoms with Crippen molar-refractivity contribution < 1.29 is 4.42 Å². The Bertz CT molecular complexity index is 658. The fourth-order valence-corrected chi connectivity index (χ4v) is 2.93. The van der Waals surface area contributed by atoms with Gasteiger partial charge in [0.25, 0.3) is 0 Å². The lowest BCUT2D eigenvalue weighted by atomic mass is 9.98. The van der Waals surface area contributed by atoms with E-state index in [0.29, 0.717) is 11.8 Å². The van der Waals surface area contributed by atoms with Crippen molar-refractivity contribution >= 4 is 0 Å². The van der Waals surface area contributed by atoms with Gasteiger partial charge in [-0.15, -0.1) is 5.10 Å². The summed E-state index contributed by atoms with van der Waals surface area (Å²) in [7, 11) is 0. The summed E-state index contributed by atoms with van der Waals surface area (Å²) in [6.07, 6.45) is 3.66. The molecule has 2 aromatic heterocycles. The van der Waals surface area contributed by atoms with Crippen LogP contribution >= 0.6 is 0 Å². The maximum atomic E-state index is 11.1. The third-order valence-electron chi connectivity index (χ3n) is 3.91. The molecule has 22 heavy (non-hydrogen) atoms. The molecule has 0 saturated carbocycles. The van der Waals surface area contributed by atoms with Gasteiger partial charge in [-0.1, -0.05) is 13.8 Å². The monoisotopic (exact) mass is 306 g/mol. The Labute approximate surface area is 128 Å². The summed E-state index contributed by atoms with van der Waals surface area (Å²) in [6, 6.07) is 0. The summed E-state index contributed by atoms with van der Waals surface area (Å²) in [4.78, 5) is 17.8. The highest BCUT2D eigenvalue weighted by atomic mass is 16.4. The minimum atomic E-state index is -0.483. The lowest BCUT2D eigenvalue weighted by Crippen LogP contribution is -2.35. The fourth-order valence-electron chi connectivity index (χ4n) is 2.93. The van der Waals surface area contributed by atoms with Crippen molar-refractivity contribution in [2.24, 2.45) is 5.92 Å². The van der Waals surface area contributed by atoms with Crippen LogP contribution in [0.25, 0.3) is 0 Å². The number of rotatable bonds is 5. The first kappa shape index (κ1) is 15.0. The van der Waals surface area contributed by atoms with E-state index < -0.39 is 5.76 Å². The van der Waals surface area contributed by atoms with Crippen LogP contribution in [0.15, 0.2) is 15.5 Å². The third-order valence-corrected chi connectivity index (χ3v) is 3.91. The van der Waals surface area contributed by atoms with E-state index in [1.54, 1.807) is 6.33 Å². The molecule has 0 aliphatic carbocycles. The number of nitrogens with one attached hydrogen (secondary N) is 1. The van der Waals surface area contributed by atoms with Crippen molar-refractivity contribution in [3.63, 3.8) is 0 Å². The standard InChI is InChI=1S/C14H22N6O2/c1-10(2)6-20-12(15-9-16-20)8-19-5-3-4-11(7-19)13-17-18-14(21)22-13/h9-11H,3-8H2,1-2H3,(H,18,21)/t11-/m0/s1.